The van der Waals surface area contributed by atoms with Gasteiger partial charge < -0.3 is 9.15 Å². The third kappa shape index (κ3) is 4.52. The van der Waals surface area contributed by atoms with E-state index in [1.54, 1.807) is 0 Å². The van der Waals surface area contributed by atoms with Crippen molar-refractivity contribution in [2.75, 3.05) is 39.3 Å². The Bertz CT molecular complexity index is 946. The molecular weight excluding hydrogens is 382 g/mol. The van der Waals surface area contributed by atoms with E-state index in [0.29, 0.717) is 11.4 Å². The van der Waals surface area contributed by atoms with Crippen LogP contribution in [0, 0.1) is 4.84 Å². The summed E-state index contributed by atoms with van der Waals surface area (Å²) >= 11 is 11.3. The summed E-state index contributed by atoms with van der Waals surface area (Å²) in [5.41, 5.74) is 1.90. The molecule has 1 fully saturated rings. The second-order valence-electron chi connectivity index (χ2n) is 6.67. The molecule has 142 valence electrons. The van der Waals surface area contributed by atoms with Crippen LogP contribution in [0.1, 0.15) is 0 Å². The van der Waals surface area contributed by atoms with E-state index in [2.05, 4.69) is 20.4 Å². The highest BCUT2D eigenvalue weighted by molar-refractivity contribution is 7.71. The van der Waals surface area contributed by atoms with Gasteiger partial charge in [-0.15, -0.1) is 0 Å². The Morgan fingerprint density at radius 1 is 0.963 bits per heavy atom. The number of aromatic nitrogens is 1. The number of hydrogen-bond donors (Lipinski definition) is 0. The van der Waals surface area contributed by atoms with Crippen molar-refractivity contribution in [2.24, 2.45) is 0 Å². The summed E-state index contributed by atoms with van der Waals surface area (Å²) in [5, 5.41) is 0.726. The van der Waals surface area contributed by atoms with Gasteiger partial charge >= 0.3 is 0 Å². The molecule has 3 aromatic rings. The van der Waals surface area contributed by atoms with E-state index in [1.165, 1.54) is 0 Å². The van der Waals surface area contributed by atoms with E-state index in [0.717, 1.165) is 61.3 Å². The van der Waals surface area contributed by atoms with Crippen LogP contribution < -0.4 is 4.74 Å². The molecule has 1 aromatic heterocycles. The quantitative estimate of drug-likeness (QED) is 0.574. The minimum atomic E-state index is 0.537. The fourth-order valence-electron chi connectivity index (χ4n) is 3.33. The van der Waals surface area contributed by atoms with Gasteiger partial charge in [0.05, 0.1) is 12.2 Å². The second-order valence-corrected chi connectivity index (χ2v) is 7.45. The largest absolute Gasteiger partial charge is 0.492 e. The van der Waals surface area contributed by atoms with Gasteiger partial charge in [0, 0.05) is 37.7 Å². The predicted octanol–water partition coefficient (Wildman–Crippen LogP) is 4.27. The van der Waals surface area contributed by atoms with Crippen molar-refractivity contribution < 1.29 is 9.15 Å². The maximum Gasteiger partial charge on any atom is 0.270 e. The summed E-state index contributed by atoms with van der Waals surface area (Å²) in [4.78, 5) is 5.38. The number of nitrogens with zero attached hydrogens (tertiary/aromatic N) is 3. The highest BCUT2D eigenvalue weighted by atomic mass is 35.5. The first-order valence-corrected chi connectivity index (χ1v) is 9.89. The molecule has 0 atom stereocenters. The number of piperazine rings is 1. The van der Waals surface area contributed by atoms with E-state index >= 15 is 0 Å². The van der Waals surface area contributed by atoms with Crippen molar-refractivity contribution in [3.05, 3.63) is 58.4 Å². The molecule has 27 heavy (non-hydrogen) atoms. The van der Waals surface area contributed by atoms with Crippen LogP contribution in [0.5, 0.6) is 5.75 Å². The molecular formula is C20H22ClN3O2S. The standard InChI is InChI=1S/C20H22ClN3O2S/c21-16-5-7-17(8-6-16)25-14-13-22-9-11-23(12-10-22)15-24-18-3-1-2-4-19(18)26-20(24)27/h1-8H,9-15H2. The Morgan fingerprint density at radius 2 is 1.67 bits per heavy atom. The third-order valence-electron chi connectivity index (χ3n) is 4.87. The van der Waals surface area contributed by atoms with Crippen LogP contribution in [0.2, 0.25) is 5.02 Å². The first-order chi connectivity index (χ1) is 13.2. The van der Waals surface area contributed by atoms with Crippen LogP contribution in [0.25, 0.3) is 11.1 Å². The number of fused-ring (bicyclic) bond motifs is 1. The first kappa shape index (κ1) is 18.5. The van der Waals surface area contributed by atoms with Gasteiger partial charge in [-0.05, 0) is 48.6 Å². The Labute approximate surface area is 168 Å². The molecule has 5 nitrogen and oxygen atoms in total. The molecule has 2 heterocycles. The van der Waals surface area contributed by atoms with E-state index in [-0.39, 0.29) is 0 Å². The molecule has 0 N–H and O–H groups in total. The summed E-state index contributed by atoms with van der Waals surface area (Å²) in [6, 6.07) is 15.5. The fourth-order valence-corrected chi connectivity index (χ4v) is 3.70. The molecule has 0 aliphatic carbocycles. The Kier molecular flexibility index (Phi) is 5.78. The zero-order chi connectivity index (χ0) is 18.6. The summed E-state index contributed by atoms with van der Waals surface area (Å²) in [5.74, 6) is 0.860. The number of hydrogen-bond acceptors (Lipinski definition) is 5. The van der Waals surface area contributed by atoms with E-state index in [1.807, 2.05) is 42.5 Å². The van der Waals surface area contributed by atoms with Crippen molar-refractivity contribution in [2.45, 2.75) is 6.67 Å². The van der Waals surface area contributed by atoms with Gasteiger partial charge in [-0.25, -0.2) is 0 Å². The number of para-hydroxylation sites is 2. The Hall–Kier alpha value is -1.86. The van der Waals surface area contributed by atoms with Crippen molar-refractivity contribution in [1.29, 1.82) is 0 Å². The zero-order valence-corrected chi connectivity index (χ0v) is 16.6. The van der Waals surface area contributed by atoms with Crippen LogP contribution in [0.15, 0.2) is 52.9 Å². The van der Waals surface area contributed by atoms with Gasteiger partial charge in [0.2, 0.25) is 0 Å². The average molecular weight is 404 g/mol. The van der Waals surface area contributed by atoms with Crippen molar-refractivity contribution in [1.82, 2.24) is 14.4 Å². The summed E-state index contributed by atoms with van der Waals surface area (Å²) < 4.78 is 13.5. The lowest BCUT2D eigenvalue weighted by molar-refractivity contribution is 0.0961. The number of ether oxygens (including phenoxy) is 1. The SMILES string of the molecule is S=c1oc2ccccc2n1CN1CCN(CCOc2ccc(Cl)cc2)CC1. The molecule has 0 bridgehead atoms. The van der Waals surface area contributed by atoms with Gasteiger partial charge in [0.25, 0.3) is 4.84 Å². The molecule has 0 amide bonds. The smallest absolute Gasteiger partial charge is 0.270 e. The molecule has 1 aliphatic heterocycles. The first-order valence-electron chi connectivity index (χ1n) is 9.10. The number of rotatable bonds is 6. The number of halogens is 1. The average Bonchev–Trinajstić information content (AvgIpc) is 3.00. The lowest BCUT2D eigenvalue weighted by atomic mass is 10.3. The molecule has 7 heteroatoms. The maximum atomic E-state index is 5.89. The molecule has 0 saturated carbocycles. The summed E-state index contributed by atoms with van der Waals surface area (Å²) in [6.45, 7) is 6.42. The van der Waals surface area contributed by atoms with E-state index in [9.17, 15) is 0 Å². The molecule has 1 aliphatic rings. The number of benzene rings is 2. The van der Waals surface area contributed by atoms with Crippen LogP contribution >= 0.6 is 23.8 Å². The van der Waals surface area contributed by atoms with E-state index < -0.39 is 0 Å². The third-order valence-corrected chi connectivity index (χ3v) is 5.43. The Balaban J connectivity index is 1.26. The molecule has 0 unspecified atom stereocenters. The lowest BCUT2D eigenvalue weighted by Crippen LogP contribution is -2.47. The van der Waals surface area contributed by atoms with E-state index in [4.69, 9.17) is 33.0 Å². The molecule has 0 spiro atoms. The predicted molar refractivity (Wildman–Crippen MR) is 110 cm³/mol. The minimum Gasteiger partial charge on any atom is -0.492 e. The topological polar surface area (TPSA) is 33.8 Å². The fraction of sp³-hybridized carbons (Fsp3) is 0.350. The molecule has 1 saturated heterocycles. The zero-order valence-electron chi connectivity index (χ0n) is 15.0. The van der Waals surface area contributed by atoms with Crippen LogP contribution in [-0.4, -0.2) is 53.7 Å². The normalized spacial score (nSPS) is 16.0. The van der Waals surface area contributed by atoms with Gasteiger partial charge in [0.1, 0.15) is 12.4 Å². The minimum absolute atomic E-state index is 0.537. The van der Waals surface area contributed by atoms with Crippen molar-refractivity contribution in [3.8, 4) is 5.75 Å². The van der Waals surface area contributed by atoms with Gasteiger partial charge in [-0.2, -0.15) is 0 Å². The van der Waals surface area contributed by atoms with Crippen molar-refractivity contribution in [3.63, 3.8) is 0 Å². The lowest BCUT2D eigenvalue weighted by Gasteiger charge is -2.34. The molecule has 2 aromatic carbocycles. The monoisotopic (exact) mass is 403 g/mol. The number of oxazole rings is 1. The van der Waals surface area contributed by atoms with Gasteiger partial charge in [-0.1, -0.05) is 23.7 Å². The van der Waals surface area contributed by atoms with Gasteiger partial charge in [-0.3, -0.25) is 14.4 Å². The molecule has 4 rings (SSSR count). The highest BCUT2D eigenvalue weighted by Gasteiger charge is 2.18. The van der Waals surface area contributed by atoms with Gasteiger partial charge in [0.15, 0.2) is 5.58 Å². The maximum absolute atomic E-state index is 5.89. The molecule has 0 radical (unpaired) electrons. The highest BCUT2D eigenvalue weighted by Crippen LogP contribution is 2.18. The second kappa shape index (κ2) is 8.44. The van der Waals surface area contributed by atoms with Crippen LogP contribution in [0.3, 0.4) is 0 Å². The Morgan fingerprint density at radius 3 is 2.44 bits per heavy atom. The van der Waals surface area contributed by atoms with Crippen molar-refractivity contribution >= 4 is 34.9 Å². The summed E-state index contributed by atoms with van der Waals surface area (Å²) in [7, 11) is 0. The van der Waals surface area contributed by atoms with Crippen LogP contribution in [0.4, 0.5) is 0 Å². The summed E-state index contributed by atoms with van der Waals surface area (Å²) in [6.07, 6.45) is 0. The van der Waals surface area contributed by atoms with Crippen LogP contribution in [-0.2, 0) is 6.67 Å².